The fourth-order valence-corrected chi connectivity index (χ4v) is 2.47. The van der Waals surface area contributed by atoms with Gasteiger partial charge in [-0.05, 0) is 15.9 Å². The lowest BCUT2D eigenvalue weighted by Gasteiger charge is -1.99. The summed E-state index contributed by atoms with van der Waals surface area (Å²) in [4.78, 5) is 8.28. The third-order valence-corrected chi connectivity index (χ3v) is 3.52. The van der Waals surface area contributed by atoms with Crippen LogP contribution < -0.4 is 5.73 Å². The van der Waals surface area contributed by atoms with Gasteiger partial charge in [-0.15, -0.1) is 10.2 Å². The van der Waals surface area contributed by atoms with Gasteiger partial charge in [0.15, 0.2) is 10.8 Å². The minimum atomic E-state index is 0.318. The number of nitrogens with two attached hydrogens (primary N) is 1. The maximum absolute atomic E-state index is 5.79. The topological polar surface area (TPSA) is 77.6 Å². The van der Waals surface area contributed by atoms with E-state index in [1.54, 1.807) is 12.2 Å². The van der Waals surface area contributed by atoms with Crippen LogP contribution in [-0.4, -0.2) is 20.2 Å². The van der Waals surface area contributed by atoms with Gasteiger partial charge in [-0.1, -0.05) is 42.7 Å². The lowest BCUT2D eigenvalue weighted by Crippen LogP contribution is -1.96. The second-order valence-corrected chi connectivity index (χ2v) is 5.19. The van der Waals surface area contributed by atoms with Crippen LogP contribution >= 0.6 is 27.3 Å². The summed E-state index contributed by atoms with van der Waals surface area (Å²) in [6.07, 6.45) is 6.72. The first-order valence-electron chi connectivity index (χ1n) is 5.23. The molecule has 96 valence electrons. The summed E-state index contributed by atoms with van der Waals surface area (Å²) in [5.74, 6) is 0.318. The Morgan fingerprint density at radius 2 is 2.16 bits per heavy atom. The highest BCUT2D eigenvalue weighted by molar-refractivity contribution is 9.10. The molecule has 0 aliphatic rings. The van der Waals surface area contributed by atoms with Crippen molar-refractivity contribution in [2.45, 2.75) is 0 Å². The minimum Gasteiger partial charge on any atom is -0.382 e. The van der Waals surface area contributed by atoms with Gasteiger partial charge >= 0.3 is 0 Å². The predicted molar refractivity (Wildman–Crippen MR) is 81.4 cm³/mol. The zero-order valence-corrected chi connectivity index (χ0v) is 12.3. The number of halogens is 1. The highest BCUT2D eigenvalue weighted by atomic mass is 79.9. The monoisotopic (exact) mass is 335 g/mol. The molecule has 2 rings (SSSR count). The van der Waals surface area contributed by atoms with E-state index in [0.717, 1.165) is 10.6 Å². The lowest BCUT2D eigenvalue weighted by molar-refractivity contribution is 1.06. The molecule has 0 unspecified atom stereocenters. The van der Waals surface area contributed by atoms with Crippen LogP contribution in [0.2, 0.25) is 0 Å². The fourth-order valence-electron chi connectivity index (χ4n) is 1.32. The third-order valence-electron chi connectivity index (χ3n) is 2.16. The molecule has 0 bridgehead atoms. The van der Waals surface area contributed by atoms with Gasteiger partial charge in [0.2, 0.25) is 0 Å². The standard InChI is InChI=1S/C12H10BrN5S/c1-3-5-7(4-2)11-17-18-12(19-11)9-10(14)15-6-8(13)16-9/h3-6H,1-2H2,(H2,14,15)/b7-5+. The Hall–Kier alpha value is -1.86. The molecule has 0 saturated heterocycles. The van der Waals surface area contributed by atoms with Gasteiger partial charge in [-0.3, -0.25) is 0 Å². The lowest BCUT2D eigenvalue weighted by atomic mass is 10.2. The Balaban J connectivity index is 2.46. The number of nitrogens with zero attached hydrogens (tertiary/aromatic N) is 4. The molecule has 0 aromatic carbocycles. The average Bonchev–Trinajstić information content (AvgIpc) is 2.88. The third kappa shape index (κ3) is 2.94. The van der Waals surface area contributed by atoms with Crippen LogP contribution in [0.15, 0.2) is 42.2 Å². The largest absolute Gasteiger partial charge is 0.382 e. The molecule has 0 amide bonds. The highest BCUT2D eigenvalue weighted by Gasteiger charge is 2.13. The molecule has 0 saturated carbocycles. The van der Waals surface area contributed by atoms with Crippen LogP contribution in [0, 0.1) is 0 Å². The van der Waals surface area contributed by atoms with Crippen molar-refractivity contribution in [1.82, 2.24) is 20.2 Å². The van der Waals surface area contributed by atoms with Gasteiger partial charge in [-0.2, -0.15) is 0 Å². The summed E-state index contributed by atoms with van der Waals surface area (Å²) in [6.45, 7) is 7.38. The number of hydrogen-bond donors (Lipinski definition) is 1. The SMILES string of the molecule is C=C/C=C(\C=C)c1nnc(-c2nc(Br)cnc2N)s1. The Labute approximate surface area is 122 Å². The normalized spacial score (nSPS) is 11.3. The van der Waals surface area contributed by atoms with E-state index in [4.69, 9.17) is 5.73 Å². The van der Waals surface area contributed by atoms with Crippen molar-refractivity contribution in [2.75, 3.05) is 5.73 Å². The second kappa shape index (κ2) is 5.85. The molecule has 19 heavy (non-hydrogen) atoms. The smallest absolute Gasteiger partial charge is 0.170 e. The first-order valence-corrected chi connectivity index (χ1v) is 6.84. The zero-order valence-electron chi connectivity index (χ0n) is 9.88. The highest BCUT2D eigenvalue weighted by Crippen LogP contribution is 2.29. The molecular weight excluding hydrogens is 326 g/mol. The van der Waals surface area contributed by atoms with Crippen molar-refractivity contribution < 1.29 is 0 Å². The molecule has 0 aliphatic carbocycles. The van der Waals surface area contributed by atoms with Crippen LogP contribution in [0.4, 0.5) is 5.82 Å². The molecule has 2 aromatic heterocycles. The van der Waals surface area contributed by atoms with E-state index in [2.05, 4.69) is 49.3 Å². The maximum Gasteiger partial charge on any atom is 0.170 e. The molecular formula is C12H10BrN5S. The molecule has 0 aliphatic heterocycles. The Kier molecular flexibility index (Phi) is 4.18. The Morgan fingerprint density at radius 3 is 2.84 bits per heavy atom. The van der Waals surface area contributed by atoms with Crippen molar-refractivity contribution in [3.05, 3.63) is 47.2 Å². The number of allylic oxidation sites excluding steroid dienone is 4. The number of hydrogen-bond acceptors (Lipinski definition) is 6. The maximum atomic E-state index is 5.79. The molecule has 7 heteroatoms. The predicted octanol–water partition coefficient (Wildman–Crippen LogP) is 3.10. The summed E-state index contributed by atoms with van der Waals surface area (Å²) < 4.78 is 0.596. The second-order valence-electron chi connectivity index (χ2n) is 3.40. The molecule has 2 heterocycles. The average molecular weight is 336 g/mol. The summed E-state index contributed by atoms with van der Waals surface area (Å²) in [5.41, 5.74) is 7.15. The van der Waals surface area contributed by atoms with E-state index in [1.807, 2.05) is 6.08 Å². The molecule has 0 atom stereocenters. The van der Waals surface area contributed by atoms with Crippen molar-refractivity contribution >= 4 is 38.7 Å². The van der Waals surface area contributed by atoms with Crippen molar-refractivity contribution in [3.63, 3.8) is 0 Å². The van der Waals surface area contributed by atoms with Gasteiger partial charge in [0.05, 0.1) is 6.20 Å². The van der Waals surface area contributed by atoms with E-state index >= 15 is 0 Å². The van der Waals surface area contributed by atoms with Gasteiger partial charge in [0, 0.05) is 5.57 Å². The van der Waals surface area contributed by atoms with Crippen LogP contribution in [-0.2, 0) is 0 Å². The molecule has 2 aromatic rings. The first kappa shape index (κ1) is 13.6. The first-order chi connectivity index (χ1) is 9.15. The molecule has 0 radical (unpaired) electrons. The van der Waals surface area contributed by atoms with E-state index in [0.29, 0.717) is 21.1 Å². The van der Waals surface area contributed by atoms with E-state index in [-0.39, 0.29) is 0 Å². The van der Waals surface area contributed by atoms with Gasteiger partial charge in [0.25, 0.3) is 0 Å². The van der Waals surface area contributed by atoms with E-state index < -0.39 is 0 Å². The number of aromatic nitrogens is 4. The minimum absolute atomic E-state index is 0.318. The summed E-state index contributed by atoms with van der Waals surface area (Å²) in [5, 5.41) is 9.51. The van der Waals surface area contributed by atoms with Gasteiger partial charge in [0.1, 0.15) is 15.3 Å². The van der Waals surface area contributed by atoms with E-state index in [1.165, 1.54) is 17.5 Å². The fraction of sp³-hybridized carbons (Fsp3) is 0. The summed E-state index contributed by atoms with van der Waals surface area (Å²) in [6, 6.07) is 0. The van der Waals surface area contributed by atoms with Crippen molar-refractivity contribution in [1.29, 1.82) is 0 Å². The summed E-state index contributed by atoms with van der Waals surface area (Å²) in [7, 11) is 0. The molecule has 5 nitrogen and oxygen atoms in total. The van der Waals surface area contributed by atoms with Gasteiger partial charge < -0.3 is 5.73 Å². The van der Waals surface area contributed by atoms with Crippen molar-refractivity contribution in [3.8, 4) is 10.7 Å². The summed E-state index contributed by atoms with van der Waals surface area (Å²) >= 11 is 4.62. The zero-order chi connectivity index (χ0) is 13.8. The molecule has 2 N–H and O–H groups in total. The van der Waals surface area contributed by atoms with Gasteiger partial charge in [-0.25, -0.2) is 9.97 Å². The van der Waals surface area contributed by atoms with Crippen LogP contribution in [0.3, 0.4) is 0 Å². The molecule has 0 fully saturated rings. The molecule has 0 spiro atoms. The Morgan fingerprint density at radius 1 is 1.37 bits per heavy atom. The van der Waals surface area contributed by atoms with Crippen LogP contribution in [0.5, 0.6) is 0 Å². The Bertz CT molecular complexity index is 662. The number of nitrogen functional groups attached to an aromatic ring is 1. The number of rotatable bonds is 4. The van der Waals surface area contributed by atoms with Crippen LogP contribution in [0.1, 0.15) is 5.01 Å². The van der Waals surface area contributed by atoms with Crippen molar-refractivity contribution in [2.24, 2.45) is 0 Å². The number of anilines is 1. The van der Waals surface area contributed by atoms with Crippen LogP contribution in [0.25, 0.3) is 16.3 Å². The quantitative estimate of drug-likeness (QED) is 0.868. The van der Waals surface area contributed by atoms with E-state index in [9.17, 15) is 0 Å².